The molecule has 0 aliphatic carbocycles. The summed E-state index contributed by atoms with van der Waals surface area (Å²) in [7, 11) is 2.78. The molecule has 2 rings (SSSR count). The van der Waals surface area contributed by atoms with Crippen molar-refractivity contribution in [2.24, 2.45) is 0 Å². The number of carbonyl (C=O) groups is 2. The number of methoxy groups -OCH3 is 2. The number of benzene rings is 1. The van der Waals surface area contributed by atoms with Gasteiger partial charge in [0.1, 0.15) is 17.7 Å². The first-order chi connectivity index (χ1) is 11.2. The van der Waals surface area contributed by atoms with E-state index in [1.165, 1.54) is 18.9 Å². The van der Waals surface area contributed by atoms with E-state index >= 15 is 0 Å². The van der Waals surface area contributed by atoms with Crippen molar-refractivity contribution in [1.82, 2.24) is 9.78 Å². The van der Waals surface area contributed by atoms with Crippen molar-refractivity contribution in [3.05, 3.63) is 18.3 Å². The minimum absolute atomic E-state index is 0.0632. The number of hydrogen-bond donors (Lipinski definition) is 1. The van der Waals surface area contributed by atoms with Crippen molar-refractivity contribution >= 4 is 28.7 Å². The van der Waals surface area contributed by atoms with Crippen LogP contribution in [0.3, 0.4) is 0 Å². The van der Waals surface area contributed by atoms with Gasteiger partial charge in [-0.2, -0.15) is 5.10 Å². The van der Waals surface area contributed by atoms with E-state index in [0.29, 0.717) is 17.0 Å². The Hall–Kier alpha value is -2.77. The van der Waals surface area contributed by atoms with E-state index in [0.717, 1.165) is 5.39 Å². The van der Waals surface area contributed by atoms with Gasteiger partial charge in [-0.1, -0.05) is 0 Å². The number of rotatable bonds is 4. The summed E-state index contributed by atoms with van der Waals surface area (Å²) in [6.07, 6.45) is 1.01. The largest absolute Gasteiger partial charge is 0.492 e. The standard InChI is InChI=1S/C16H21N3O5/c1-16(2,3)24-15(21)18-11-7-6-10-8-17-19(9-12(20)22-4)13(10)14(11)23-5/h6-8H,9H2,1-5H3,(H,18,21). The molecule has 130 valence electrons. The Morgan fingerprint density at radius 3 is 2.54 bits per heavy atom. The Bertz CT molecular complexity index is 761. The van der Waals surface area contributed by atoms with Crippen LogP contribution in [0.2, 0.25) is 0 Å². The highest BCUT2D eigenvalue weighted by atomic mass is 16.6. The van der Waals surface area contributed by atoms with E-state index in [1.54, 1.807) is 39.1 Å². The molecule has 0 saturated carbocycles. The second-order valence-electron chi connectivity index (χ2n) is 6.09. The summed E-state index contributed by atoms with van der Waals surface area (Å²) in [6, 6.07) is 3.46. The molecule has 0 saturated heterocycles. The van der Waals surface area contributed by atoms with Crippen LogP contribution >= 0.6 is 0 Å². The lowest BCUT2D eigenvalue weighted by Gasteiger charge is -2.20. The molecule has 24 heavy (non-hydrogen) atoms. The van der Waals surface area contributed by atoms with Crippen molar-refractivity contribution in [3.63, 3.8) is 0 Å². The van der Waals surface area contributed by atoms with Crippen LogP contribution < -0.4 is 10.1 Å². The zero-order valence-corrected chi connectivity index (χ0v) is 14.4. The van der Waals surface area contributed by atoms with Crippen molar-refractivity contribution in [1.29, 1.82) is 0 Å². The number of hydrogen-bond acceptors (Lipinski definition) is 6. The van der Waals surface area contributed by atoms with Crippen molar-refractivity contribution in [2.75, 3.05) is 19.5 Å². The summed E-state index contributed by atoms with van der Waals surface area (Å²) >= 11 is 0. The SMILES string of the molecule is COC(=O)Cn1ncc2ccc(NC(=O)OC(C)(C)C)c(OC)c21. The highest BCUT2D eigenvalue weighted by Gasteiger charge is 2.20. The van der Waals surface area contributed by atoms with E-state index in [1.807, 2.05) is 0 Å². The van der Waals surface area contributed by atoms with Gasteiger partial charge in [-0.3, -0.25) is 10.1 Å². The number of ether oxygens (including phenoxy) is 3. The molecule has 1 aromatic heterocycles. The zero-order chi connectivity index (χ0) is 17.9. The molecule has 0 spiro atoms. The average Bonchev–Trinajstić information content (AvgIpc) is 2.88. The summed E-state index contributed by atoms with van der Waals surface area (Å²) in [6.45, 7) is 5.27. The van der Waals surface area contributed by atoms with Crippen LogP contribution in [0.5, 0.6) is 5.75 Å². The van der Waals surface area contributed by atoms with Crippen LogP contribution in [0.4, 0.5) is 10.5 Å². The van der Waals surface area contributed by atoms with Gasteiger partial charge in [0, 0.05) is 5.39 Å². The van der Waals surface area contributed by atoms with Gasteiger partial charge in [-0.05, 0) is 32.9 Å². The number of aromatic nitrogens is 2. The molecule has 1 amide bonds. The Kier molecular flexibility index (Phi) is 4.96. The molecule has 0 radical (unpaired) electrons. The molecule has 2 aromatic rings. The molecular formula is C16H21N3O5. The highest BCUT2D eigenvalue weighted by Crippen LogP contribution is 2.34. The average molecular weight is 335 g/mol. The van der Waals surface area contributed by atoms with E-state index in [4.69, 9.17) is 9.47 Å². The van der Waals surface area contributed by atoms with Gasteiger partial charge in [0.05, 0.1) is 26.1 Å². The lowest BCUT2D eigenvalue weighted by Crippen LogP contribution is -2.27. The number of nitrogens with one attached hydrogen (secondary N) is 1. The van der Waals surface area contributed by atoms with E-state index in [2.05, 4.69) is 15.2 Å². The van der Waals surface area contributed by atoms with E-state index in [-0.39, 0.29) is 6.54 Å². The molecule has 8 heteroatoms. The minimum atomic E-state index is -0.617. The Morgan fingerprint density at radius 2 is 1.96 bits per heavy atom. The summed E-state index contributed by atoms with van der Waals surface area (Å²) in [5.74, 6) is -0.0488. The topological polar surface area (TPSA) is 91.7 Å². The second-order valence-corrected chi connectivity index (χ2v) is 6.09. The highest BCUT2D eigenvalue weighted by molar-refractivity contribution is 5.96. The van der Waals surface area contributed by atoms with Gasteiger partial charge in [0.2, 0.25) is 0 Å². The number of carbonyl (C=O) groups excluding carboxylic acids is 2. The fourth-order valence-electron chi connectivity index (χ4n) is 2.17. The zero-order valence-electron chi connectivity index (χ0n) is 14.4. The van der Waals surface area contributed by atoms with Gasteiger partial charge < -0.3 is 14.2 Å². The van der Waals surface area contributed by atoms with Gasteiger partial charge in [-0.15, -0.1) is 0 Å². The quantitative estimate of drug-likeness (QED) is 0.863. The molecule has 0 aliphatic rings. The first kappa shape index (κ1) is 17.6. The third-order valence-corrected chi connectivity index (χ3v) is 3.10. The normalized spacial score (nSPS) is 11.2. The van der Waals surface area contributed by atoms with Crippen LogP contribution in [-0.2, 0) is 20.8 Å². The number of anilines is 1. The molecule has 8 nitrogen and oxygen atoms in total. The van der Waals surface area contributed by atoms with Crippen LogP contribution in [-0.4, -0.2) is 41.7 Å². The number of amides is 1. The second kappa shape index (κ2) is 6.77. The lowest BCUT2D eigenvalue weighted by molar-refractivity contribution is -0.141. The first-order valence-corrected chi connectivity index (χ1v) is 7.34. The molecule has 1 heterocycles. The maximum Gasteiger partial charge on any atom is 0.412 e. The van der Waals surface area contributed by atoms with Gasteiger partial charge in [0.15, 0.2) is 5.75 Å². The van der Waals surface area contributed by atoms with Crippen LogP contribution in [0.1, 0.15) is 20.8 Å². The Balaban J connectivity index is 2.39. The summed E-state index contributed by atoms with van der Waals surface area (Å²) in [4.78, 5) is 23.5. The molecule has 1 aromatic carbocycles. The van der Waals surface area contributed by atoms with Crippen molar-refractivity contribution in [2.45, 2.75) is 32.9 Å². The van der Waals surface area contributed by atoms with E-state index < -0.39 is 17.7 Å². The van der Waals surface area contributed by atoms with Crippen LogP contribution in [0, 0.1) is 0 Å². The van der Waals surface area contributed by atoms with Crippen LogP contribution in [0.15, 0.2) is 18.3 Å². The maximum absolute atomic E-state index is 12.0. The number of fused-ring (bicyclic) bond motifs is 1. The molecule has 0 fully saturated rings. The third-order valence-electron chi connectivity index (χ3n) is 3.10. The third kappa shape index (κ3) is 3.95. The molecule has 0 unspecified atom stereocenters. The molecule has 0 atom stereocenters. The van der Waals surface area contributed by atoms with Crippen molar-refractivity contribution < 1.29 is 23.8 Å². The Labute approximate surface area is 139 Å². The summed E-state index contributed by atoms with van der Waals surface area (Å²) in [5.41, 5.74) is 0.385. The predicted octanol–water partition coefficient (Wildman–Crippen LogP) is 2.56. The molecule has 0 aliphatic heterocycles. The van der Waals surface area contributed by atoms with Gasteiger partial charge in [0.25, 0.3) is 0 Å². The fraction of sp³-hybridized carbons (Fsp3) is 0.438. The fourth-order valence-corrected chi connectivity index (χ4v) is 2.17. The maximum atomic E-state index is 12.0. The molecule has 0 bridgehead atoms. The number of esters is 1. The van der Waals surface area contributed by atoms with Gasteiger partial charge >= 0.3 is 12.1 Å². The van der Waals surface area contributed by atoms with Crippen LogP contribution in [0.25, 0.3) is 10.9 Å². The summed E-state index contributed by atoms with van der Waals surface area (Å²) < 4.78 is 16.8. The minimum Gasteiger partial charge on any atom is -0.492 e. The molecule has 1 N–H and O–H groups in total. The monoisotopic (exact) mass is 335 g/mol. The summed E-state index contributed by atoms with van der Waals surface area (Å²) in [5, 5.41) is 7.58. The molecular weight excluding hydrogens is 314 g/mol. The first-order valence-electron chi connectivity index (χ1n) is 7.34. The van der Waals surface area contributed by atoms with Crippen molar-refractivity contribution in [3.8, 4) is 5.75 Å². The number of nitrogens with zero attached hydrogens (tertiary/aromatic N) is 2. The lowest BCUT2D eigenvalue weighted by atomic mass is 10.2. The van der Waals surface area contributed by atoms with Gasteiger partial charge in [-0.25, -0.2) is 9.48 Å². The predicted molar refractivity (Wildman–Crippen MR) is 88.2 cm³/mol. The van der Waals surface area contributed by atoms with E-state index in [9.17, 15) is 9.59 Å². The Morgan fingerprint density at radius 1 is 1.25 bits per heavy atom. The smallest absolute Gasteiger partial charge is 0.412 e.